The third kappa shape index (κ3) is 2.57. The summed E-state index contributed by atoms with van der Waals surface area (Å²) >= 11 is 1.50. The maximum atomic E-state index is 12.7. The number of nitrogens with one attached hydrogen (secondary N) is 1. The Kier molecular flexibility index (Phi) is 3.85. The van der Waals surface area contributed by atoms with Gasteiger partial charge in [0.1, 0.15) is 0 Å². The first kappa shape index (κ1) is 14.6. The van der Waals surface area contributed by atoms with Crippen LogP contribution < -0.4 is 16.1 Å². The molecule has 0 spiro atoms. The molecule has 0 bridgehead atoms. The molecule has 0 saturated heterocycles. The Morgan fingerprint density at radius 2 is 2.14 bits per heavy atom. The van der Waals surface area contributed by atoms with Crippen molar-refractivity contribution < 1.29 is 0 Å². The van der Waals surface area contributed by atoms with Gasteiger partial charge in [-0.2, -0.15) is 4.68 Å². The first-order chi connectivity index (χ1) is 10.6. The summed E-state index contributed by atoms with van der Waals surface area (Å²) in [5, 5.41) is 5.33. The highest BCUT2D eigenvalue weighted by atomic mass is 32.1. The van der Waals surface area contributed by atoms with E-state index in [9.17, 15) is 4.79 Å². The Balaban J connectivity index is 2.28. The monoisotopic (exact) mass is 314 g/mol. The average Bonchev–Trinajstić information content (AvgIpc) is 3.03. The van der Waals surface area contributed by atoms with Gasteiger partial charge in [0.05, 0.1) is 20.8 Å². The van der Waals surface area contributed by atoms with Crippen LogP contribution in [0.5, 0.6) is 0 Å². The molecule has 0 amide bonds. The van der Waals surface area contributed by atoms with E-state index >= 15 is 0 Å². The van der Waals surface area contributed by atoms with Crippen LogP contribution in [0, 0.1) is 0 Å². The fourth-order valence-corrected chi connectivity index (χ4v) is 3.23. The van der Waals surface area contributed by atoms with Gasteiger partial charge in [0, 0.05) is 20.3 Å². The molecule has 0 saturated carbocycles. The van der Waals surface area contributed by atoms with Crippen LogP contribution in [0.1, 0.15) is 13.3 Å². The van der Waals surface area contributed by atoms with Gasteiger partial charge in [-0.25, -0.2) is 4.98 Å². The first-order valence-corrected chi connectivity index (χ1v) is 7.97. The number of aromatic amines is 1. The average molecular weight is 314 g/mol. The number of aromatic nitrogens is 3. The number of benzene rings is 1. The van der Waals surface area contributed by atoms with Crippen molar-refractivity contribution in [2.24, 2.45) is 0 Å². The third-order valence-electron chi connectivity index (χ3n) is 3.23. The fourth-order valence-electron chi connectivity index (χ4n) is 2.30. The maximum absolute atomic E-state index is 12.7. The summed E-state index contributed by atoms with van der Waals surface area (Å²) in [6.45, 7) is 2.05. The number of rotatable bonds is 3. The summed E-state index contributed by atoms with van der Waals surface area (Å²) in [6, 6.07) is 7.89. The van der Waals surface area contributed by atoms with Crippen LogP contribution >= 0.6 is 11.3 Å². The number of nitrogens with zero attached hydrogens (tertiary/aromatic N) is 3. The van der Waals surface area contributed by atoms with Gasteiger partial charge < -0.3 is 4.90 Å². The molecule has 3 rings (SSSR count). The molecule has 1 N–H and O–H groups in total. The molecule has 0 radical (unpaired) electrons. The summed E-state index contributed by atoms with van der Waals surface area (Å²) in [4.78, 5) is 19.1. The van der Waals surface area contributed by atoms with E-state index in [1.54, 1.807) is 0 Å². The van der Waals surface area contributed by atoms with E-state index in [2.05, 4.69) is 10.1 Å². The van der Waals surface area contributed by atoms with E-state index in [1.165, 1.54) is 16.0 Å². The van der Waals surface area contributed by atoms with Crippen molar-refractivity contribution in [3.05, 3.63) is 45.2 Å². The zero-order valence-corrected chi connectivity index (χ0v) is 13.6. The molecule has 0 aliphatic rings. The Morgan fingerprint density at radius 3 is 2.82 bits per heavy atom. The molecule has 2 aromatic heterocycles. The molecule has 1 aromatic carbocycles. The minimum absolute atomic E-state index is 0.0764. The second-order valence-electron chi connectivity index (χ2n) is 5.25. The highest BCUT2D eigenvalue weighted by Gasteiger charge is 2.10. The molecule has 2 heterocycles. The number of thiazole rings is 1. The summed E-state index contributed by atoms with van der Waals surface area (Å²) in [7, 11) is 3.81. The van der Waals surface area contributed by atoms with E-state index < -0.39 is 0 Å². The minimum Gasteiger partial charge on any atom is -0.383 e. The van der Waals surface area contributed by atoms with Crippen molar-refractivity contribution in [3.63, 3.8) is 0 Å². The summed E-state index contributed by atoms with van der Waals surface area (Å²) in [5.41, 5.74) is 0.829. The zero-order valence-electron chi connectivity index (χ0n) is 12.8. The van der Waals surface area contributed by atoms with E-state index in [0.29, 0.717) is 10.4 Å². The van der Waals surface area contributed by atoms with Crippen molar-refractivity contribution in [2.75, 3.05) is 14.1 Å². The maximum Gasteiger partial charge on any atom is 0.282 e. The van der Waals surface area contributed by atoms with Gasteiger partial charge in [-0.15, -0.1) is 0 Å². The lowest BCUT2D eigenvalue weighted by Crippen LogP contribution is -2.36. The van der Waals surface area contributed by atoms with Crippen LogP contribution in [0.3, 0.4) is 0 Å². The van der Waals surface area contributed by atoms with Crippen LogP contribution in [0.2, 0.25) is 0 Å². The largest absolute Gasteiger partial charge is 0.383 e. The fraction of sp³-hybridized carbons (Fsp3) is 0.250. The first-order valence-electron chi connectivity index (χ1n) is 7.15. The van der Waals surface area contributed by atoms with Gasteiger partial charge in [0.2, 0.25) is 5.13 Å². The lowest BCUT2D eigenvalue weighted by atomic mass is 10.3. The van der Waals surface area contributed by atoms with Crippen molar-refractivity contribution in [1.29, 1.82) is 0 Å². The van der Waals surface area contributed by atoms with E-state index in [0.717, 1.165) is 22.0 Å². The number of fused-ring (bicyclic) bond motifs is 1. The Labute approximate surface area is 131 Å². The molecule has 3 aromatic rings. The highest BCUT2D eigenvalue weighted by molar-refractivity contribution is 7.20. The summed E-state index contributed by atoms with van der Waals surface area (Å²) in [6.07, 6.45) is 4.71. The Hall–Kier alpha value is -2.34. The van der Waals surface area contributed by atoms with E-state index in [4.69, 9.17) is 0 Å². The smallest absolute Gasteiger partial charge is 0.282 e. The van der Waals surface area contributed by atoms with Gasteiger partial charge in [-0.1, -0.05) is 36.5 Å². The van der Waals surface area contributed by atoms with Gasteiger partial charge in [0.25, 0.3) is 5.56 Å². The molecule has 0 aliphatic carbocycles. The second-order valence-corrected chi connectivity index (χ2v) is 6.26. The number of H-pyrrole nitrogens is 1. The molecule has 0 fully saturated rings. The number of hydrogen-bond acceptors (Lipinski definition) is 4. The molecule has 114 valence electrons. The van der Waals surface area contributed by atoms with Crippen LogP contribution in [-0.2, 0) is 0 Å². The van der Waals surface area contributed by atoms with Crippen molar-refractivity contribution in [2.45, 2.75) is 13.3 Å². The van der Waals surface area contributed by atoms with Gasteiger partial charge in [0.15, 0.2) is 0 Å². The predicted octanol–water partition coefficient (Wildman–Crippen LogP) is 1.27. The zero-order chi connectivity index (χ0) is 15.7. The lowest BCUT2D eigenvalue weighted by Gasteiger charge is -2.00. The molecule has 0 unspecified atom stereocenters. The summed E-state index contributed by atoms with van der Waals surface area (Å²) in [5.74, 6) is 0. The highest BCUT2D eigenvalue weighted by Crippen LogP contribution is 2.22. The van der Waals surface area contributed by atoms with E-state index in [-0.39, 0.29) is 5.56 Å². The van der Waals surface area contributed by atoms with Crippen LogP contribution in [0.4, 0.5) is 0 Å². The molecular formula is C16H18N4OS. The molecule has 5 nitrogen and oxygen atoms in total. The number of hydrogen-bond donors (Lipinski definition) is 1. The second kappa shape index (κ2) is 5.81. The predicted molar refractivity (Wildman–Crippen MR) is 91.7 cm³/mol. The molecule has 6 heteroatoms. The quantitative estimate of drug-likeness (QED) is 0.792. The van der Waals surface area contributed by atoms with Crippen LogP contribution in [-0.4, -0.2) is 33.8 Å². The van der Waals surface area contributed by atoms with Crippen LogP contribution in [0.25, 0.3) is 27.6 Å². The molecule has 22 heavy (non-hydrogen) atoms. The van der Waals surface area contributed by atoms with Crippen molar-refractivity contribution in [1.82, 2.24) is 19.7 Å². The molecule has 0 atom stereocenters. The number of para-hydroxylation sites is 1. The lowest BCUT2D eigenvalue weighted by molar-refractivity contribution is 0.613. The van der Waals surface area contributed by atoms with Gasteiger partial charge in [-0.3, -0.25) is 9.89 Å². The normalized spacial score (nSPS) is 13.2. The van der Waals surface area contributed by atoms with Crippen molar-refractivity contribution in [3.8, 4) is 5.13 Å². The third-order valence-corrected chi connectivity index (χ3v) is 4.25. The Morgan fingerprint density at radius 1 is 1.36 bits per heavy atom. The van der Waals surface area contributed by atoms with Gasteiger partial charge in [-0.05, 0) is 18.6 Å². The van der Waals surface area contributed by atoms with Crippen LogP contribution in [0.15, 0.2) is 29.1 Å². The van der Waals surface area contributed by atoms with E-state index in [1.807, 2.05) is 62.5 Å². The molecule has 0 aliphatic heterocycles. The SMILES string of the molecule is CCC=c1[nH]n(-c2nc3ccccc3s2)c(=O)c1=CN(C)C. The molecular weight excluding hydrogens is 296 g/mol. The minimum atomic E-state index is -0.0764. The topological polar surface area (TPSA) is 53.9 Å². The Bertz CT molecular complexity index is 945. The van der Waals surface area contributed by atoms with Gasteiger partial charge >= 0.3 is 0 Å². The summed E-state index contributed by atoms with van der Waals surface area (Å²) < 4.78 is 2.60. The van der Waals surface area contributed by atoms with Crippen molar-refractivity contribution >= 4 is 33.8 Å². The standard InChI is InChI=1S/C16H18N4OS/c1-4-7-12-11(10-19(2)3)15(21)20(18-12)16-17-13-8-5-6-9-14(13)22-16/h5-10,18H,4H2,1-3H3.